The summed E-state index contributed by atoms with van der Waals surface area (Å²) in [6.45, 7) is 3.33. The van der Waals surface area contributed by atoms with Crippen molar-refractivity contribution in [2.45, 2.75) is 25.3 Å². The number of ether oxygens (including phenoxy) is 1. The molecule has 2 aliphatic rings. The number of rotatable bonds is 3. The summed E-state index contributed by atoms with van der Waals surface area (Å²) in [6, 6.07) is 7.46. The van der Waals surface area contributed by atoms with Gasteiger partial charge in [0.2, 0.25) is 0 Å². The number of nitrogens with zero attached hydrogens (tertiary/aromatic N) is 1. The minimum absolute atomic E-state index is 0.484. The van der Waals surface area contributed by atoms with Crippen LogP contribution in [-0.4, -0.2) is 42.3 Å². The second-order valence-corrected chi connectivity index (χ2v) is 5.74. The maximum atomic E-state index is 11.7. The van der Waals surface area contributed by atoms with E-state index in [4.69, 9.17) is 4.74 Å². The Morgan fingerprint density at radius 2 is 2.05 bits per heavy atom. The number of hydrogen-bond donors (Lipinski definition) is 1. The lowest BCUT2D eigenvalue weighted by molar-refractivity contribution is -0.144. The van der Waals surface area contributed by atoms with Crippen molar-refractivity contribution in [3.63, 3.8) is 0 Å². The van der Waals surface area contributed by atoms with Gasteiger partial charge in [-0.05, 0) is 36.3 Å². The van der Waals surface area contributed by atoms with Crippen molar-refractivity contribution in [1.29, 1.82) is 0 Å². The number of hydrogen-bond acceptors (Lipinski definition) is 3. The average molecular weight is 275 g/mol. The van der Waals surface area contributed by atoms with E-state index in [1.54, 1.807) is 0 Å². The van der Waals surface area contributed by atoms with Crippen LogP contribution in [0.1, 0.15) is 30.0 Å². The lowest BCUT2D eigenvalue weighted by Gasteiger charge is -2.37. The Morgan fingerprint density at radius 1 is 1.30 bits per heavy atom. The quantitative estimate of drug-likeness (QED) is 0.917. The largest absolute Gasteiger partial charge is 0.480 e. The molecule has 0 saturated carbocycles. The first kappa shape index (κ1) is 13.6. The van der Waals surface area contributed by atoms with Crippen LogP contribution in [0.15, 0.2) is 24.3 Å². The molecule has 0 bridgehead atoms. The van der Waals surface area contributed by atoms with Gasteiger partial charge in [0.1, 0.15) is 6.04 Å². The van der Waals surface area contributed by atoms with Crippen molar-refractivity contribution < 1.29 is 14.6 Å². The molecule has 20 heavy (non-hydrogen) atoms. The molecule has 1 N–H and O–H groups in total. The van der Waals surface area contributed by atoms with Crippen LogP contribution in [-0.2, 0) is 16.0 Å². The number of carbonyl (C=O) groups is 1. The van der Waals surface area contributed by atoms with E-state index in [0.717, 1.165) is 51.1 Å². The highest BCUT2D eigenvalue weighted by molar-refractivity contribution is 5.76. The van der Waals surface area contributed by atoms with E-state index in [9.17, 15) is 9.90 Å². The molecule has 3 rings (SSSR count). The number of aliphatic carboxylic acids is 1. The third-order valence-corrected chi connectivity index (χ3v) is 4.45. The number of benzene rings is 1. The Bertz CT molecular complexity index is 482. The molecule has 1 fully saturated rings. The van der Waals surface area contributed by atoms with Crippen molar-refractivity contribution in [3.05, 3.63) is 35.4 Å². The zero-order valence-electron chi connectivity index (χ0n) is 11.6. The maximum Gasteiger partial charge on any atom is 0.325 e. The molecule has 1 aromatic carbocycles. The molecule has 0 aromatic heterocycles. The summed E-state index contributed by atoms with van der Waals surface area (Å²) in [5.41, 5.74) is 2.15. The lowest BCUT2D eigenvalue weighted by Crippen LogP contribution is -2.43. The fraction of sp³-hybridized carbons (Fsp3) is 0.562. The highest BCUT2D eigenvalue weighted by atomic mass is 16.5. The first-order chi connectivity index (χ1) is 9.75. The molecule has 1 atom stereocenters. The Morgan fingerprint density at radius 3 is 2.80 bits per heavy atom. The van der Waals surface area contributed by atoms with E-state index in [1.807, 2.05) is 18.2 Å². The summed E-state index contributed by atoms with van der Waals surface area (Å²) in [5, 5.41) is 9.62. The van der Waals surface area contributed by atoms with Crippen LogP contribution < -0.4 is 0 Å². The molecule has 1 saturated heterocycles. The molecule has 1 aromatic rings. The standard InChI is InChI=1S/C16H21NO3/c18-16(19)15-14-4-2-1-3-13(14)5-8-17(15)11-12-6-9-20-10-7-12/h1-4,12,15H,5-11H2,(H,18,19). The molecule has 2 aliphatic heterocycles. The fourth-order valence-electron chi connectivity index (χ4n) is 3.37. The number of fused-ring (bicyclic) bond motifs is 1. The normalized spacial score (nSPS) is 24.3. The van der Waals surface area contributed by atoms with Crippen molar-refractivity contribution in [2.24, 2.45) is 5.92 Å². The molecule has 0 radical (unpaired) electrons. The van der Waals surface area contributed by atoms with Gasteiger partial charge >= 0.3 is 5.97 Å². The predicted octanol–water partition coefficient (Wildman–Crippen LogP) is 2.10. The van der Waals surface area contributed by atoms with E-state index in [2.05, 4.69) is 11.0 Å². The average Bonchev–Trinajstić information content (AvgIpc) is 2.47. The van der Waals surface area contributed by atoms with Gasteiger partial charge in [0.25, 0.3) is 0 Å². The second kappa shape index (κ2) is 5.94. The summed E-state index contributed by atoms with van der Waals surface area (Å²) in [4.78, 5) is 13.8. The summed E-state index contributed by atoms with van der Waals surface area (Å²) in [7, 11) is 0. The number of carboxylic acid groups (broad SMARTS) is 1. The van der Waals surface area contributed by atoms with Gasteiger partial charge in [-0.15, -0.1) is 0 Å². The van der Waals surface area contributed by atoms with Crippen molar-refractivity contribution in [2.75, 3.05) is 26.3 Å². The molecular weight excluding hydrogens is 254 g/mol. The molecule has 1 unspecified atom stereocenters. The van der Waals surface area contributed by atoms with Gasteiger partial charge < -0.3 is 9.84 Å². The summed E-state index contributed by atoms with van der Waals surface area (Å²) in [5.74, 6) is -0.167. The minimum Gasteiger partial charge on any atom is -0.480 e. The third kappa shape index (κ3) is 2.72. The SMILES string of the molecule is O=C(O)C1c2ccccc2CCN1CC1CCOCC1. The van der Waals surface area contributed by atoms with Crippen molar-refractivity contribution in [3.8, 4) is 0 Å². The van der Waals surface area contributed by atoms with E-state index in [0.29, 0.717) is 5.92 Å². The van der Waals surface area contributed by atoms with Crippen LogP contribution in [0.25, 0.3) is 0 Å². The Kier molecular flexibility index (Phi) is 4.03. The van der Waals surface area contributed by atoms with Crippen molar-refractivity contribution >= 4 is 5.97 Å². The third-order valence-electron chi connectivity index (χ3n) is 4.45. The van der Waals surface area contributed by atoms with Gasteiger partial charge in [-0.25, -0.2) is 0 Å². The van der Waals surface area contributed by atoms with Crippen LogP contribution in [0.2, 0.25) is 0 Å². The zero-order valence-corrected chi connectivity index (χ0v) is 11.6. The summed E-state index contributed by atoms with van der Waals surface area (Å²) in [6.07, 6.45) is 3.04. The molecule has 108 valence electrons. The van der Waals surface area contributed by atoms with Crippen LogP contribution in [0.5, 0.6) is 0 Å². The Labute approximate surface area is 119 Å². The van der Waals surface area contributed by atoms with Gasteiger partial charge in [0.15, 0.2) is 0 Å². The van der Waals surface area contributed by atoms with E-state index < -0.39 is 12.0 Å². The van der Waals surface area contributed by atoms with Gasteiger partial charge in [0, 0.05) is 26.3 Å². The van der Waals surface area contributed by atoms with Crippen LogP contribution in [0, 0.1) is 5.92 Å². The predicted molar refractivity (Wildman–Crippen MR) is 75.6 cm³/mol. The van der Waals surface area contributed by atoms with E-state index in [-0.39, 0.29) is 0 Å². The maximum absolute atomic E-state index is 11.7. The smallest absolute Gasteiger partial charge is 0.325 e. The highest BCUT2D eigenvalue weighted by Gasteiger charge is 2.34. The molecule has 2 heterocycles. The molecule has 0 aliphatic carbocycles. The first-order valence-electron chi connectivity index (χ1n) is 7.38. The topological polar surface area (TPSA) is 49.8 Å². The molecule has 4 nitrogen and oxygen atoms in total. The van der Waals surface area contributed by atoms with Crippen LogP contribution in [0.3, 0.4) is 0 Å². The molecule has 4 heteroatoms. The van der Waals surface area contributed by atoms with Gasteiger partial charge in [-0.3, -0.25) is 9.69 Å². The zero-order chi connectivity index (χ0) is 13.9. The minimum atomic E-state index is -0.732. The van der Waals surface area contributed by atoms with Gasteiger partial charge in [-0.2, -0.15) is 0 Å². The fourth-order valence-corrected chi connectivity index (χ4v) is 3.37. The van der Waals surface area contributed by atoms with Gasteiger partial charge in [-0.1, -0.05) is 24.3 Å². The van der Waals surface area contributed by atoms with Crippen LogP contribution in [0.4, 0.5) is 0 Å². The lowest BCUT2D eigenvalue weighted by atomic mass is 9.90. The van der Waals surface area contributed by atoms with Crippen LogP contribution >= 0.6 is 0 Å². The number of carboxylic acids is 1. The van der Waals surface area contributed by atoms with Crippen molar-refractivity contribution in [1.82, 2.24) is 4.90 Å². The first-order valence-corrected chi connectivity index (χ1v) is 7.38. The summed E-state index contributed by atoms with van der Waals surface area (Å²) >= 11 is 0. The van der Waals surface area contributed by atoms with E-state index in [1.165, 1.54) is 5.56 Å². The summed E-state index contributed by atoms with van der Waals surface area (Å²) < 4.78 is 5.38. The monoisotopic (exact) mass is 275 g/mol. The molecule has 0 amide bonds. The highest BCUT2D eigenvalue weighted by Crippen LogP contribution is 2.31. The Balaban J connectivity index is 1.79. The van der Waals surface area contributed by atoms with E-state index >= 15 is 0 Å². The Hall–Kier alpha value is -1.39. The second-order valence-electron chi connectivity index (χ2n) is 5.74. The van der Waals surface area contributed by atoms with Gasteiger partial charge in [0.05, 0.1) is 0 Å². The molecular formula is C16H21NO3. The molecule has 0 spiro atoms.